The van der Waals surface area contributed by atoms with Crippen LogP contribution in [-0.2, 0) is 6.61 Å². The van der Waals surface area contributed by atoms with Gasteiger partial charge in [-0.05, 0) is 60.5 Å². The quantitative estimate of drug-likeness (QED) is 0.236. The summed E-state index contributed by atoms with van der Waals surface area (Å²) in [5, 5.41) is 5.36. The molecule has 0 aromatic heterocycles. The summed E-state index contributed by atoms with van der Waals surface area (Å²) in [4.78, 5) is 12.3. The molecule has 0 saturated heterocycles. The number of amides is 1. The second-order valence-electron chi connectivity index (χ2n) is 7.13. The van der Waals surface area contributed by atoms with Crippen LogP contribution in [0.1, 0.15) is 34.8 Å². The molecule has 0 aliphatic carbocycles. The molecule has 178 valence electrons. The molecule has 0 fully saturated rings. The van der Waals surface area contributed by atoms with Crippen molar-refractivity contribution in [2.45, 2.75) is 20.0 Å². The maximum absolute atomic E-state index is 12.3. The maximum Gasteiger partial charge on any atom is 0.271 e. The molecular formula is C25H23Cl3N2O4. The van der Waals surface area contributed by atoms with E-state index in [4.69, 9.17) is 49.0 Å². The first-order chi connectivity index (χ1) is 16.4. The normalized spacial score (nSPS) is 10.9. The van der Waals surface area contributed by atoms with E-state index in [0.29, 0.717) is 50.1 Å². The van der Waals surface area contributed by atoms with E-state index < -0.39 is 0 Å². The Morgan fingerprint density at radius 2 is 1.76 bits per heavy atom. The van der Waals surface area contributed by atoms with Gasteiger partial charge in [-0.25, -0.2) is 5.43 Å². The number of carbonyl (C=O) groups excluding carboxylic acids is 1. The summed E-state index contributed by atoms with van der Waals surface area (Å²) < 4.78 is 16.8. The molecule has 0 unspecified atom stereocenters. The highest BCUT2D eigenvalue weighted by Crippen LogP contribution is 2.37. The van der Waals surface area contributed by atoms with Crippen LogP contribution in [0.3, 0.4) is 0 Å². The maximum atomic E-state index is 12.3. The summed E-state index contributed by atoms with van der Waals surface area (Å²) in [5.74, 6) is 1.13. The van der Waals surface area contributed by atoms with Crippen LogP contribution in [0.25, 0.3) is 0 Å². The Balaban J connectivity index is 1.64. The summed E-state index contributed by atoms with van der Waals surface area (Å²) in [6.07, 6.45) is 2.38. The highest BCUT2D eigenvalue weighted by Gasteiger charge is 2.13. The van der Waals surface area contributed by atoms with Crippen LogP contribution >= 0.6 is 34.8 Å². The van der Waals surface area contributed by atoms with Gasteiger partial charge in [-0.2, -0.15) is 5.10 Å². The van der Waals surface area contributed by atoms with Gasteiger partial charge in [0, 0.05) is 21.2 Å². The Morgan fingerprint density at radius 3 is 2.44 bits per heavy atom. The fourth-order valence-corrected chi connectivity index (χ4v) is 3.63. The van der Waals surface area contributed by atoms with Crippen LogP contribution in [0.4, 0.5) is 0 Å². The number of methoxy groups -OCH3 is 1. The number of hydrazone groups is 1. The van der Waals surface area contributed by atoms with Crippen molar-refractivity contribution >= 4 is 46.9 Å². The zero-order valence-corrected chi connectivity index (χ0v) is 20.9. The Hall–Kier alpha value is -2.93. The van der Waals surface area contributed by atoms with Gasteiger partial charge in [-0.3, -0.25) is 4.79 Å². The molecule has 3 rings (SSSR count). The van der Waals surface area contributed by atoms with Gasteiger partial charge in [-0.15, -0.1) is 0 Å². The minimum absolute atomic E-state index is 0.178. The Labute approximate surface area is 213 Å². The highest BCUT2D eigenvalue weighted by molar-refractivity contribution is 6.35. The smallest absolute Gasteiger partial charge is 0.271 e. The number of hydrogen-bond acceptors (Lipinski definition) is 5. The molecule has 0 aliphatic rings. The lowest BCUT2D eigenvalue weighted by Gasteiger charge is -2.14. The van der Waals surface area contributed by atoms with Crippen molar-refractivity contribution in [3.05, 3.63) is 86.4 Å². The van der Waals surface area contributed by atoms with Gasteiger partial charge in [-0.1, -0.05) is 47.8 Å². The molecule has 0 atom stereocenters. The number of benzene rings is 3. The van der Waals surface area contributed by atoms with Gasteiger partial charge in [0.15, 0.2) is 11.5 Å². The van der Waals surface area contributed by atoms with E-state index in [-0.39, 0.29) is 12.5 Å². The minimum atomic E-state index is -0.351. The van der Waals surface area contributed by atoms with Gasteiger partial charge in [0.1, 0.15) is 12.4 Å². The van der Waals surface area contributed by atoms with Crippen molar-refractivity contribution in [2.75, 3.05) is 13.7 Å². The van der Waals surface area contributed by atoms with Crippen LogP contribution in [0.2, 0.25) is 15.1 Å². The number of hydrogen-bond donors (Lipinski definition) is 1. The zero-order chi connectivity index (χ0) is 24.5. The third kappa shape index (κ3) is 7.03. The number of nitrogens with zero attached hydrogens (tertiary/aromatic N) is 1. The average molecular weight is 522 g/mol. The Bertz CT molecular complexity index is 1170. The number of nitrogens with one attached hydrogen (secondary N) is 1. The molecule has 0 saturated carbocycles. The number of rotatable bonds is 10. The lowest BCUT2D eigenvalue weighted by atomic mass is 10.2. The van der Waals surface area contributed by atoms with Crippen LogP contribution < -0.4 is 19.6 Å². The molecule has 6 nitrogen and oxygen atoms in total. The molecule has 0 radical (unpaired) electrons. The summed E-state index contributed by atoms with van der Waals surface area (Å²) in [6, 6.07) is 15.3. The molecule has 0 heterocycles. The third-order valence-electron chi connectivity index (χ3n) is 4.61. The van der Waals surface area contributed by atoms with E-state index >= 15 is 0 Å². The first-order valence-electron chi connectivity index (χ1n) is 10.4. The predicted octanol–water partition coefficient (Wildman–Crippen LogP) is 6.79. The van der Waals surface area contributed by atoms with Crippen LogP contribution in [0.15, 0.2) is 59.7 Å². The van der Waals surface area contributed by atoms with Gasteiger partial charge in [0.05, 0.1) is 25.0 Å². The second kappa shape index (κ2) is 12.5. The molecule has 0 bridgehead atoms. The van der Waals surface area contributed by atoms with E-state index in [1.165, 1.54) is 13.3 Å². The molecule has 34 heavy (non-hydrogen) atoms. The fraction of sp³-hybridized carbons (Fsp3) is 0.200. The zero-order valence-electron chi connectivity index (χ0n) is 18.6. The summed E-state index contributed by atoms with van der Waals surface area (Å²) in [6.45, 7) is 2.83. The number of carbonyl (C=O) groups is 1. The van der Waals surface area contributed by atoms with E-state index in [9.17, 15) is 4.79 Å². The Kier molecular flexibility index (Phi) is 9.45. The van der Waals surface area contributed by atoms with Gasteiger partial charge in [0.25, 0.3) is 5.91 Å². The monoisotopic (exact) mass is 520 g/mol. The van der Waals surface area contributed by atoms with Gasteiger partial charge < -0.3 is 14.2 Å². The molecular weight excluding hydrogens is 499 g/mol. The van der Waals surface area contributed by atoms with Crippen molar-refractivity contribution in [1.82, 2.24) is 5.43 Å². The molecule has 3 aromatic rings. The van der Waals surface area contributed by atoms with Crippen LogP contribution in [0, 0.1) is 0 Å². The summed E-state index contributed by atoms with van der Waals surface area (Å²) in [5.41, 5.74) is 4.31. The molecule has 0 spiro atoms. The first kappa shape index (κ1) is 25.7. The van der Waals surface area contributed by atoms with Crippen molar-refractivity contribution in [3.8, 4) is 17.2 Å². The molecule has 9 heteroatoms. The van der Waals surface area contributed by atoms with Crippen LogP contribution in [0.5, 0.6) is 17.2 Å². The van der Waals surface area contributed by atoms with Crippen molar-refractivity contribution in [2.24, 2.45) is 5.10 Å². The van der Waals surface area contributed by atoms with E-state index in [2.05, 4.69) is 10.5 Å². The Morgan fingerprint density at radius 1 is 1.00 bits per heavy atom. The molecule has 1 N–H and O–H groups in total. The average Bonchev–Trinajstić information content (AvgIpc) is 2.83. The highest BCUT2D eigenvalue weighted by atomic mass is 35.5. The fourth-order valence-electron chi connectivity index (χ4n) is 2.90. The van der Waals surface area contributed by atoms with E-state index in [0.717, 1.165) is 12.0 Å². The standard InChI is InChI=1S/C25H23Cl3N2O4/c1-3-10-33-20-8-5-17(6-9-20)25(31)30-29-14-16-11-22(28)24(23(12-16)32-2)34-15-18-4-7-19(26)13-21(18)27/h4-9,11-14H,3,10,15H2,1-2H3,(H,30,31)/b29-14+. The summed E-state index contributed by atoms with van der Waals surface area (Å²) >= 11 is 18.5. The molecule has 3 aromatic carbocycles. The van der Waals surface area contributed by atoms with Crippen molar-refractivity contribution in [1.29, 1.82) is 0 Å². The van der Waals surface area contributed by atoms with Crippen LogP contribution in [-0.4, -0.2) is 25.8 Å². The number of halogens is 3. The lowest BCUT2D eigenvalue weighted by Crippen LogP contribution is -2.17. The number of ether oxygens (including phenoxy) is 3. The third-order valence-corrected chi connectivity index (χ3v) is 5.48. The predicted molar refractivity (Wildman–Crippen MR) is 136 cm³/mol. The minimum Gasteiger partial charge on any atom is -0.494 e. The second-order valence-corrected chi connectivity index (χ2v) is 8.38. The van der Waals surface area contributed by atoms with Gasteiger partial charge >= 0.3 is 0 Å². The first-order valence-corrected chi connectivity index (χ1v) is 11.5. The van der Waals surface area contributed by atoms with E-state index in [1.54, 1.807) is 54.6 Å². The van der Waals surface area contributed by atoms with Crippen molar-refractivity contribution < 1.29 is 19.0 Å². The molecule has 0 aliphatic heterocycles. The summed E-state index contributed by atoms with van der Waals surface area (Å²) in [7, 11) is 1.50. The van der Waals surface area contributed by atoms with E-state index in [1.807, 2.05) is 6.92 Å². The lowest BCUT2D eigenvalue weighted by molar-refractivity contribution is 0.0955. The largest absolute Gasteiger partial charge is 0.494 e. The SMILES string of the molecule is CCCOc1ccc(C(=O)N/N=C/c2cc(Cl)c(OCc3ccc(Cl)cc3Cl)c(OC)c2)cc1. The molecule has 1 amide bonds. The topological polar surface area (TPSA) is 69.2 Å². The van der Waals surface area contributed by atoms with Crippen molar-refractivity contribution in [3.63, 3.8) is 0 Å². The van der Waals surface area contributed by atoms with Gasteiger partial charge in [0.2, 0.25) is 0 Å².